The number of phenolic OH excluding ortho intramolecular Hbond substituents is 1. The minimum atomic E-state index is -0.220. The van der Waals surface area contributed by atoms with Crippen molar-refractivity contribution in [3.8, 4) is 17.2 Å². The molecule has 0 aliphatic heterocycles. The molecule has 2 N–H and O–H groups in total. The van der Waals surface area contributed by atoms with E-state index in [9.17, 15) is 9.90 Å². The minimum absolute atomic E-state index is 0.190. The standard InChI is InChI=1S/C23H24N2O3/c1-2-15-25(17-18-9-6-7-14-22(18)26)23(27)24-19-10-8-13-21(16-19)28-20-11-4-3-5-12-20/h3-14,16,26H,2,15,17H2,1H3,(H,24,27). The second kappa shape index (κ2) is 9.46. The molecule has 0 aliphatic rings. The average molecular weight is 376 g/mol. The molecule has 5 heteroatoms. The van der Waals surface area contributed by atoms with Gasteiger partial charge in [0.1, 0.15) is 17.2 Å². The number of anilines is 1. The first-order valence-corrected chi connectivity index (χ1v) is 9.31. The molecule has 0 bridgehead atoms. The van der Waals surface area contributed by atoms with Crippen molar-refractivity contribution in [1.29, 1.82) is 0 Å². The van der Waals surface area contributed by atoms with Crippen molar-refractivity contribution in [1.82, 2.24) is 4.90 Å². The summed E-state index contributed by atoms with van der Waals surface area (Å²) in [6, 6.07) is 23.6. The summed E-state index contributed by atoms with van der Waals surface area (Å²) in [5.74, 6) is 1.57. The average Bonchev–Trinajstić information content (AvgIpc) is 2.70. The molecule has 0 aliphatic carbocycles. The van der Waals surface area contributed by atoms with Gasteiger partial charge >= 0.3 is 6.03 Å². The molecule has 3 aromatic rings. The van der Waals surface area contributed by atoms with Gasteiger partial charge in [-0.1, -0.05) is 49.4 Å². The highest BCUT2D eigenvalue weighted by atomic mass is 16.5. The third-order valence-electron chi connectivity index (χ3n) is 4.20. The molecular formula is C23H24N2O3. The van der Waals surface area contributed by atoms with Gasteiger partial charge < -0.3 is 20.1 Å². The Balaban J connectivity index is 1.69. The Kier molecular flexibility index (Phi) is 6.52. The van der Waals surface area contributed by atoms with Crippen molar-refractivity contribution in [2.45, 2.75) is 19.9 Å². The zero-order valence-corrected chi connectivity index (χ0v) is 15.8. The fourth-order valence-electron chi connectivity index (χ4n) is 2.84. The van der Waals surface area contributed by atoms with Gasteiger partial charge in [-0.3, -0.25) is 0 Å². The normalized spacial score (nSPS) is 10.3. The lowest BCUT2D eigenvalue weighted by atomic mass is 10.2. The van der Waals surface area contributed by atoms with Crippen LogP contribution in [0.15, 0.2) is 78.9 Å². The Labute approximate surface area is 165 Å². The largest absolute Gasteiger partial charge is 0.508 e. The SMILES string of the molecule is CCCN(Cc1ccccc1O)C(=O)Nc1cccc(Oc2ccccc2)c1. The Bertz CT molecular complexity index is 912. The van der Waals surface area contributed by atoms with E-state index in [2.05, 4.69) is 5.32 Å². The maximum atomic E-state index is 12.8. The Morgan fingerprint density at radius 2 is 1.68 bits per heavy atom. The smallest absolute Gasteiger partial charge is 0.322 e. The molecule has 0 unspecified atom stereocenters. The molecule has 0 fully saturated rings. The monoisotopic (exact) mass is 376 g/mol. The number of para-hydroxylation sites is 2. The first-order valence-electron chi connectivity index (χ1n) is 9.31. The van der Waals surface area contributed by atoms with Crippen LogP contribution in [0.2, 0.25) is 0 Å². The number of aromatic hydroxyl groups is 1. The number of amides is 2. The lowest BCUT2D eigenvalue weighted by Crippen LogP contribution is -2.35. The molecule has 0 saturated carbocycles. The number of urea groups is 1. The summed E-state index contributed by atoms with van der Waals surface area (Å²) in [7, 11) is 0. The Hall–Kier alpha value is -3.47. The summed E-state index contributed by atoms with van der Waals surface area (Å²) >= 11 is 0. The van der Waals surface area contributed by atoms with Crippen LogP contribution in [0.1, 0.15) is 18.9 Å². The zero-order valence-electron chi connectivity index (χ0n) is 15.8. The van der Waals surface area contributed by atoms with Crippen molar-refractivity contribution in [2.75, 3.05) is 11.9 Å². The minimum Gasteiger partial charge on any atom is -0.508 e. The van der Waals surface area contributed by atoms with Crippen LogP contribution in [0.25, 0.3) is 0 Å². The Morgan fingerprint density at radius 1 is 0.964 bits per heavy atom. The van der Waals surface area contributed by atoms with Crippen LogP contribution >= 0.6 is 0 Å². The van der Waals surface area contributed by atoms with Gasteiger partial charge in [0, 0.05) is 23.9 Å². The predicted octanol–water partition coefficient (Wildman–Crippen LogP) is 5.63. The molecule has 0 atom stereocenters. The Morgan fingerprint density at radius 3 is 2.43 bits per heavy atom. The van der Waals surface area contributed by atoms with Gasteiger partial charge in [-0.05, 0) is 36.8 Å². The van der Waals surface area contributed by atoms with Crippen LogP contribution in [-0.4, -0.2) is 22.6 Å². The number of hydrogen-bond donors (Lipinski definition) is 2. The molecule has 0 aromatic heterocycles. The topological polar surface area (TPSA) is 61.8 Å². The lowest BCUT2D eigenvalue weighted by molar-refractivity contribution is 0.208. The number of nitrogens with one attached hydrogen (secondary N) is 1. The highest BCUT2D eigenvalue weighted by Gasteiger charge is 2.15. The van der Waals surface area contributed by atoms with Crippen molar-refractivity contribution in [3.05, 3.63) is 84.4 Å². The van der Waals surface area contributed by atoms with Crippen molar-refractivity contribution < 1.29 is 14.6 Å². The van der Waals surface area contributed by atoms with Gasteiger partial charge in [-0.15, -0.1) is 0 Å². The number of phenols is 1. The number of rotatable bonds is 7. The fourth-order valence-corrected chi connectivity index (χ4v) is 2.84. The van der Waals surface area contributed by atoms with Crippen LogP contribution in [0.4, 0.5) is 10.5 Å². The van der Waals surface area contributed by atoms with Crippen molar-refractivity contribution in [3.63, 3.8) is 0 Å². The maximum Gasteiger partial charge on any atom is 0.322 e. The van der Waals surface area contributed by atoms with E-state index in [4.69, 9.17) is 4.74 Å². The van der Waals surface area contributed by atoms with E-state index in [0.29, 0.717) is 30.1 Å². The van der Waals surface area contributed by atoms with E-state index in [1.54, 1.807) is 23.1 Å². The van der Waals surface area contributed by atoms with Gasteiger partial charge in [-0.25, -0.2) is 4.79 Å². The summed E-state index contributed by atoms with van der Waals surface area (Å²) in [5, 5.41) is 12.9. The highest BCUT2D eigenvalue weighted by Crippen LogP contribution is 2.24. The van der Waals surface area contributed by atoms with Crippen LogP contribution in [0.3, 0.4) is 0 Å². The molecule has 2 amide bonds. The number of benzene rings is 3. The molecule has 0 saturated heterocycles. The molecule has 0 radical (unpaired) electrons. The summed E-state index contributed by atoms with van der Waals surface area (Å²) in [5.41, 5.74) is 1.36. The van der Waals surface area contributed by atoms with Crippen LogP contribution < -0.4 is 10.1 Å². The van der Waals surface area contributed by atoms with Crippen molar-refractivity contribution in [2.24, 2.45) is 0 Å². The summed E-state index contributed by atoms with van der Waals surface area (Å²) in [6.45, 7) is 2.94. The first kappa shape index (κ1) is 19.3. The molecule has 144 valence electrons. The van der Waals surface area contributed by atoms with Gasteiger partial charge in [0.05, 0.1) is 6.54 Å². The quantitative estimate of drug-likeness (QED) is 0.562. The molecule has 5 nitrogen and oxygen atoms in total. The number of carbonyl (C=O) groups excluding carboxylic acids is 1. The molecule has 3 rings (SSSR count). The summed E-state index contributed by atoms with van der Waals surface area (Å²) < 4.78 is 5.82. The molecular weight excluding hydrogens is 352 g/mol. The lowest BCUT2D eigenvalue weighted by Gasteiger charge is -2.23. The molecule has 0 spiro atoms. The first-order chi connectivity index (χ1) is 13.7. The van der Waals surface area contributed by atoms with Gasteiger partial charge in [0.25, 0.3) is 0 Å². The summed E-state index contributed by atoms with van der Waals surface area (Å²) in [4.78, 5) is 14.5. The van der Waals surface area contributed by atoms with E-state index in [1.807, 2.05) is 67.6 Å². The van der Waals surface area contributed by atoms with E-state index in [-0.39, 0.29) is 11.8 Å². The second-order valence-electron chi connectivity index (χ2n) is 6.42. The predicted molar refractivity (Wildman–Crippen MR) is 111 cm³/mol. The number of nitrogens with zero attached hydrogens (tertiary/aromatic N) is 1. The maximum absolute atomic E-state index is 12.8. The third kappa shape index (κ3) is 5.27. The number of carbonyl (C=O) groups is 1. The summed E-state index contributed by atoms with van der Waals surface area (Å²) in [6.07, 6.45) is 0.818. The van der Waals surface area contributed by atoms with Crippen LogP contribution in [0.5, 0.6) is 17.2 Å². The fraction of sp³-hybridized carbons (Fsp3) is 0.174. The number of ether oxygens (including phenoxy) is 1. The van der Waals surface area contributed by atoms with Gasteiger partial charge in [0.2, 0.25) is 0 Å². The van der Waals surface area contributed by atoms with Crippen LogP contribution in [-0.2, 0) is 6.54 Å². The van der Waals surface area contributed by atoms with E-state index in [0.717, 1.165) is 12.2 Å². The van der Waals surface area contributed by atoms with Gasteiger partial charge in [-0.2, -0.15) is 0 Å². The molecule has 28 heavy (non-hydrogen) atoms. The molecule has 3 aromatic carbocycles. The van der Waals surface area contributed by atoms with Crippen LogP contribution in [0, 0.1) is 0 Å². The van der Waals surface area contributed by atoms with E-state index >= 15 is 0 Å². The second-order valence-corrected chi connectivity index (χ2v) is 6.42. The van der Waals surface area contributed by atoms with Gasteiger partial charge in [0.15, 0.2) is 0 Å². The zero-order chi connectivity index (χ0) is 19.8. The highest BCUT2D eigenvalue weighted by molar-refractivity contribution is 5.89. The third-order valence-corrected chi connectivity index (χ3v) is 4.20. The van der Waals surface area contributed by atoms with E-state index < -0.39 is 0 Å². The number of hydrogen-bond acceptors (Lipinski definition) is 3. The molecule has 0 heterocycles. The van der Waals surface area contributed by atoms with Crippen molar-refractivity contribution >= 4 is 11.7 Å². The van der Waals surface area contributed by atoms with E-state index in [1.165, 1.54) is 0 Å².